The number of hydrogen-bond acceptors (Lipinski definition) is 6. The molecule has 2 heterocycles. The van der Waals surface area contributed by atoms with Crippen molar-refractivity contribution >= 4 is 11.9 Å². The number of anilines is 1. The molecule has 0 radical (unpaired) electrons. The van der Waals surface area contributed by atoms with E-state index in [1.807, 2.05) is 0 Å². The first-order valence-electron chi connectivity index (χ1n) is 8.81. The highest BCUT2D eigenvalue weighted by molar-refractivity contribution is 5.85. The van der Waals surface area contributed by atoms with Crippen molar-refractivity contribution in [1.29, 1.82) is 0 Å². The molecule has 10 heteroatoms. The number of hydrogen-bond donors (Lipinski definition) is 2. The number of amides is 1. The summed E-state index contributed by atoms with van der Waals surface area (Å²) >= 11 is 0. The summed E-state index contributed by atoms with van der Waals surface area (Å²) in [4.78, 5) is 23.5. The maximum atomic E-state index is 13.4. The Balaban J connectivity index is 2.27. The number of alkyl halides is 3. The number of aromatic nitrogens is 3. The van der Waals surface area contributed by atoms with Crippen LogP contribution < -0.4 is 15.8 Å². The molecule has 0 aliphatic carbocycles. The van der Waals surface area contributed by atoms with Crippen LogP contribution in [-0.4, -0.2) is 34.5 Å². The standard InChI is InChI=1S/C20H18F3N5O2/c1-11-8-13(9-14(26-11)20(21,22)23)16-17(12-6-4-3-5-7-12)27-19(24)28-18(16)30-10-15(29)25-2/h3-9H,10H2,1-2H3,(H,25,29)(H2,24,27,28). The first-order chi connectivity index (χ1) is 14.2. The largest absolute Gasteiger partial charge is 0.467 e. The Bertz CT molecular complexity index is 1070. The minimum absolute atomic E-state index is 0.108. The van der Waals surface area contributed by atoms with Gasteiger partial charge >= 0.3 is 6.18 Å². The second kappa shape index (κ2) is 8.36. The predicted molar refractivity (Wildman–Crippen MR) is 104 cm³/mol. The van der Waals surface area contributed by atoms with Crippen LogP contribution in [-0.2, 0) is 11.0 Å². The third-order valence-electron chi connectivity index (χ3n) is 4.09. The third-order valence-corrected chi connectivity index (χ3v) is 4.09. The average Bonchev–Trinajstić information content (AvgIpc) is 2.71. The molecule has 3 aromatic rings. The quantitative estimate of drug-likeness (QED) is 0.661. The monoisotopic (exact) mass is 417 g/mol. The van der Waals surface area contributed by atoms with Crippen LogP contribution in [0, 0.1) is 6.92 Å². The summed E-state index contributed by atoms with van der Waals surface area (Å²) in [5.74, 6) is -0.698. The van der Waals surface area contributed by atoms with Crippen molar-refractivity contribution in [2.75, 3.05) is 19.4 Å². The van der Waals surface area contributed by atoms with Gasteiger partial charge in [-0.15, -0.1) is 0 Å². The molecule has 30 heavy (non-hydrogen) atoms. The highest BCUT2D eigenvalue weighted by Crippen LogP contribution is 2.39. The van der Waals surface area contributed by atoms with Gasteiger partial charge in [-0.25, -0.2) is 9.97 Å². The van der Waals surface area contributed by atoms with Crippen molar-refractivity contribution < 1.29 is 22.7 Å². The molecule has 0 unspecified atom stereocenters. The molecule has 2 aromatic heterocycles. The number of likely N-dealkylation sites (N-methyl/N-ethyl adjacent to an activating group) is 1. The molecule has 1 amide bonds. The van der Waals surface area contributed by atoms with Crippen LogP contribution in [0.4, 0.5) is 19.1 Å². The Kier molecular flexibility index (Phi) is 5.86. The molecule has 0 bridgehead atoms. The van der Waals surface area contributed by atoms with E-state index in [1.165, 1.54) is 20.0 Å². The summed E-state index contributed by atoms with van der Waals surface area (Å²) in [6.45, 7) is 1.05. The van der Waals surface area contributed by atoms with E-state index >= 15 is 0 Å². The van der Waals surface area contributed by atoms with Gasteiger partial charge in [0.2, 0.25) is 11.8 Å². The van der Waals surface area contributed by atoms with Crippen LogP contribution in [0.5, 0.6) is 5.88 Å². The number of aryl methyl sites for hydroxylation is 1. The number of rotatable bonds is 5. The number of benzene rings is 1. The van der Waals surface area contributed by atoms with Gasteiger partial charge in [-0.3, -0.25) is 4.79 Å². The molecular weight excluding hydrogens is 399 g/mol. The third kappa shape index (κ3) is 4.65. The molecule has 156 valence electrons. The van der Waals surface area contributed by atoms with E-state index in [0.29, 0.717) is 5.56 Å². The molecule has 1 aromatic carbocycles. The van der Waals surface area contributed by atoms with E-state index in [2.05, 4.69) is 20.3 Å². The maximum absolute atomic E-state index is 13.4. The molecule has 0 saturated heterocycles. The van der Waals surface area contributed by atoms with Crippen molar-refractivity contribution in [2.24, 2.45) is 0 Å². The van der Waals surface area contributed by atoms with E-state index in [-0.39, 0.29) is 34.3 Å². The van der Waals surface area contributed by atoms with Crippen molar-refractivity contribution in [1.82, 2.24) is 20.3 Å². The molecule has 0 saturated carbocycles. The molecule has 0 atom stereocenters. The molecule has 0 spiro atoms. The summed E-state index contributed by atoms with van der Waals surface area (Å²) < 4.78 is 45.6. The molecular formula is C20H18F3N5O2. The van der Waals surface area contributed by atoms with E-state index < -0.39 is 24.4 Å². The van der Waals surface area contributed by atoms with Gasteiger partial charge in [0, 0.05) is 18.3 Å². The second-order valence-electron chi connectivity index (χ2n) is 6.32. The highest BCUT2D eigenvalue weighted by Gasteiger charge is 2.33. The number of ether oxygens (including phenoxy) is 1. The van der Waals surface area contributed by atoms with Crippen LogP contribution in [0.3, 0.4) is 0 Å². The van der Waals surface area contributed by atoms with Crippen LogP contribution in [0.1, 0.15) is 11.4 Å². The molecule has 0 aliphatic heterocycles. The Labute approximate surface area is 170 Å². The number of halogens is 3. The van der Waals surface area contributed by atoms with E-state index in [1.54, 1.807) is 30.3 Å². The summed E-state index contributed by atoms with van der Waals surface area (Å²) in [5.41, 5.74) is 6.08. The number of nitrogens with zero attached hydrogens (tertiary/aromatic N) is 3. The fourth-order valence-electron chi connectivity index (χ4n) is 2.79. The smallest absolute Gasteiger partial charge is 0.433 e. The number of nitrogens with two attached hydrogens (primary N) is 1. The SMILES string of the molecule is CNC(=O)COc1nc(N)nc(-c2ccccc2)c1-c1cc(C)nc(C(F)(F)F)c1. The Morgan fingerprint density at radius 3 is 2.43 bits per heavy atom. The van der Waals surface area contributed by atoms with Crippen LogP contribution >= 0.6 is 0 Å². The lowest BCUT2D eigenvalue weighted by molar-refractivity contribution is -0.141. The predicted octanol–water partition coefficient (Wildman–Crippen LogP) is 3.24. The molecule has 3 rings (SSSR count). The minimum atomic E-state index is -4.65. The minimum Gasteiger partial charge on any atom is -0.467 e. The number of nitrogens with one attached hydrogen (secondary N) is 1. The molecule has 3 N–H and O–H groups in total. The van der Waals surface area contributed by atoms with Crippen LogP contribution in [0.15, 0.2) is 42.5 Å². The average molecular weight is 417 g/mol. The van der Waals surface area contributed by atoms with E-state index in [4.69, 9.17) is 10.5 Å². The fraction of sp³-hybridized carbons (Fsp3) is 0.200. The van der Waals surface area contributed by atoms with E-state index in [9.17, 15) is 18.0 Å². The summed E-state index contributed by atoms with van der Waals surface area (Å²) in [5, 5.41) is 2.40. The molecule has 0 aliphatic rings. The van der Waals surface area contributed by atoms with E-state index in [0.717, 1.165) is 6.07 Å². The Morgan fingerprint density at radius 1 is 1.10 bits per heavy atom. The van der Waals surface area contributed by atoms with Crippen LogP contribution in [0.25, 0.3) is 22.4 Å². The van der Waals surface area contributed by atoms with Crippen molar-refractivity contribution in [3.8, 4) is 28.3 Å². The fourth-order valence-corrected chi connectivity index (χ4v) is 2.79. The molecule has 0 fully saturated rings. The lowest BCUT2D eigenvalue weighted by Crippen LogP contribution is -2.25. The van der Waals surface area contributed by atoms with Crippen molar-refractivity contribution in [3.05, 3.63) is 53.9 Å². The van der Waals surface area contributed by atoms with Gasteiger partial charge < -0.3 is 15.8 Å². The lowest BCUT2D eigenvalue weighted by Gasteiger charge is -2.16. The van der Waals surface area contributed by atoms with Gasteiger partial charge in [-0.1, -0.05) is 30.3 Å². The Hall–Kier alpha value is -3.69. The maximum Gasteiger partial charge on any atom is 0.433 e. The van der Waals surface area contributed by atoms with Gasteiger partial charge in [-0.05, 0) is 24.6 Å². The first-order valence-corrected chi connectivity index (χ1v) is 8.81. The second-order valence-corrected chi connectivity index (χ2v) is 6.32. The van der Waals surface area contributed by atoms with Gasteiger partial charge in [0.1, 0.15) is 5.69 Å². The normalized spacial score (nSPS) is 11.2. The van der Waals surface area contributed by atoms with Gasteiger partial charge in [-0.2, -0.15) is 18.2 Å². The zero-order valence-corrected chi connectivity index (χ0v) is 16.1. The number of carbonyl (C=O) groups excluding carboxylic acids is 1. The topological polar surface area (TPSA) is 103 Å². The zero-order chi connectivity index (χ0) is 21.9. The lowest BCUT2D eigenvalue weighted by atomic mass is 9.99. The summed E-state index contributed by atoms with van der Waals surface area (Å²) in [6, 6.07) is 11.1. The highest BCUT2D eigenvalue weighted by atomic mass is 19.4. The summed E-state index contributed by atoms with van der Waals surface area (Å²) in [6.07, 6.45) is -4.65. The van der Waals surface area contributed by atoms with Crippen molar-refractivity contribution in [3.63, 3.8) is 0 Å². The Morgan fingerprint density at radius 2 is 1.80 bits per heavy atom. The first kappa shape index (κ1) is 21.0. The van der Waals surface area contributed by atoms with Gasteiger partial charge in [0.05, 0.1) is 11.3 Å². The van der Waals surface area contributed by atoms with Gasteiger partial charge in [0.15, 0.2) is 6.61 Å². The number of carbonyl (C=O) groups is 1. The molecule has 7 nitrogen and oxygen atoms in total. The van der Waals surface area contributed by atoms with Crippen molar-refractivity contribution in [2.45, 2.75) is 13.1 Å². The summed E-state index contributed by atoms with van der Waals surface area (Å²) in [7, 11) is 1.43. The van der Waals surface area contributed by atoms with Gasteiger partial charge in [0.25, 0.3) is 5.91 Å². The number of nitrogen functional groups attached to an aromatic ring is 1. The van der Waals surface area contributed by atoms with Crippen LogP contribution in [0.2, 0.25) is 0 Å². The number of pyridine rings is 1. The zero-order valence-electron chi connectivity index (χ0n) is 16.1.